The highest BCUT2D eigenvalue weighted by atomic mass is 32.2. The van der Waals surface area contributed by atoms with Crippen LogP contribution < -0.4 is 5.32 Å². The molecular weight excluding hydrogens is 258 g/mol. The van der Waals surface area contributed by atoms with Crippen LogP contribution in [0.5, 0.6) is 0 Å². The Morgan fingerprint density at radius 2 is 2.16 bits per heavy atom. The molecule has 2 rings (SSSR count). The van der Waals surface area contributed by atoms with E-state index in [4.69, 9.17) is 4.74 Å². The first-order chi connectivity index (χ1) is 9.11. The number of hydrogen-bond donors (Lipinski definition) is 2. The van der Waals surface area contributed by atoms with Crippen LogP contribution >= 0.6 is 11.8 Å². The minimum absolute atomic E-state index is 0.0708. The maximum Gasteiger partial charge on any atom is 0.0713 e. The fraction of sp³-hybridized carbons (Fsp3) is 1.00. The summed E-state index contributed by atoms with van der Waals surface area (Å²) in [4.78, 5) is 0. The molecule has 19 heavy (non-hydrogen) atoms. The molecular formula is C15H29NO2S. The second-order valence-electron chi connectivity index (χ2n) is 6.37. The molecule has 2 heterocycles. The zero-order valence-corrected chi connectivity index (χ0v) is 13.2. The molecule has 2 saturated heterocycles. The van der Waals surface area contributed by atoms with Gasteiger partial charge in [-0.2, -0.15) is 11.8 Å². The lowest BCUT2D eigenvalue weighted by molar-refractivity contribution is -0.0963. The second kappa shape index (κ2) is 6.79. The largest absolute Gasteiger partial charge is 0.396 e. The molecule has 0 aromatic heterocycles. The Morgan fingerprint density at radius 1 is 1.42 bits per heavy atom. The van der Waals surface area contributed by atoms with E-state index < -0.39 is 0 Å². The maximum absolute atomic E-state index is 9.24. The third kappa shape index (κ3) is 4.10. The molecule has 0 aromatic carbocycles. The van der Waals surface area contributed by atoms with Gasteiger partial charge in [-0.25, -0.2) is 0 Å². The van der Waals surface area contributed by atoms with Crippen molar-refractivity contribution < 1.29 is 9.84 Å². The third-order valence-corrected chi connectivity index (χ3v) is 5.88. The van der Waals surface area contributed by atoms with Crippen LogP contribution in [0.2, 0.25) is 0 Å². The first-order valence-corrected chi connectivity index (χ1v) is 8.87. The molecule has 0 aromatic rings. The standard InChI is InChI=1S/C15H29NO2S/c1-3-14(2,5-8-17)16-13-4-9-18-15(12-13)6-10-19-11-7-15/h13,16-17H,3-12H2,1-2H3. The molecule has 2 aliphatic rings. The number of nitrogens with one attached hydrogen (secondary N) is 1. The molecule has 0 saturated carbocycles. The van der Waals surface area contributed by atoms with E-state index in [9.17, 15) is 5.11 Å². The SMILES string of the molecule is CCC(C)(CCO)NC1CCOC2(CCSCC2)C1. The second-order valence-corrected chi connectivity index (χ2v) is 7.59. The Kier molecular flexibility index (Phi) is 5.58. The van der Waals surface area contributed by atoms with Crippen molar-refractivity contribution in [2.45, 2.75) is 69.6 Å². The summed E-state index contributed by atoms with van der Waals surface area (Å²) in [6.07, 6.45) is 6.57. The number of rotatable bonds is 5. The van der Waals surface area contributed by atoms with Crippen molar-refractivity contribution in [2.24, 2.45) is 0 Å². The van der Waals surface area contributed by atoms with Crippen molar-refractivity contribution in [2.75, 3.05) is 24.7 Å². The Labute approximate surface area is 121 Å². The molecule has 0 amide bonds. The highest BCUT2D eigenvalue weighted by molar-refractivity contribution is 7.99. The fourth-order valence-corrected chi connectivity index (χ4v) is 4.57. The van der Waals surface area contributed by atoms with Gasteiger partial charge in [0.2, 0.25) is 0 Å². The van der Waals surface area contributed by atoms with E-state index in [1.54, 1.807) is 0 Å². The predicted molar refractivity (Wildman–Crippen MR) is 81.8 cm³/mol. The number of hydrogen-bond acceptors (Lipinski definition) is 4. The van der Waals surface area contributed by atoms with Gasteiger partial charge >= 0.3 is 0 Å². The minimum Gasteiger partial charge on any atom is -0.396 e. The number of ether oxygens (including phenoxy) is 1. The van der Waals surface area contributed by atoms with Gasteiger partial charge in [0.1, 0.15) is 0 Å². The van der Waals surface area contributed by atoms with Gasteiger partial charge in [-0.15, -0.1) is 0 Å². The first-order valence-electron chi connectivity index (χ1n) is 7.72. The molecule has 0 bridgehead atoms. The summed E-state index contributed by atoms with van der Waals surface area (Å²) < 4.78 is 6.14. The molecule has 3 nitrogen and oxygen atoms in total. The van der Waals surface area contributed by atoms with E-state index >= 15 is 0 Å². The number of aliphatic hydroxyl groups is 1. The molecule has 2 aliphatic heterocycles. The number of thioether (sulfide) groups is 1. The van der Waals surface area contributed by atoms with Gasteiger partial charge in [0.25, 0.3) is 0 Å². The van der Waals surface area contributed by atoms with Crippen molar-refractivity contribution >= 4 is 11.8 Å². The summed E-state index contributed by atoms with van der Waals surface area (Å²) in [5, 5.41) is 13.0. The molecule has 2 N–H and O–H groups in total. The molecule has 112 valence electrons. The monoisotopic (exact) mass is 287 g/mol. The van der Waals surface area contributed by atoms with Gasteiger partial charge in [-0.1, -0.05) is 6.92 Å². The Morgan fingerprint density at radius 3 is 2.79 bits per heavy atom. The zero-order valence-electron chi connectivity index (χ0n) is 12.4. The molecule has 2 fully saturated rings. The van der Waals surface area contributed by atoms with Gasteiger partial charge in [0, 0.05) is 24.8 Å². The summed E-state index contributed by atoms with van der Waals surface area (Å²) in [5.41, 5.74) is 0.219. The van der Waals surface area contributed by atoms with Gasteiger partial charge in [-0.05, 0) is 57.0 Å². The zero-order chi connectivity index (χ0) is 13.8. The van der Waals surface area contributed by atoms with Crippen LogP contribution in [0.3, 0.4) is 0 Å². The maximum atomic E-state index is 9.24. The summed E-state index contributed by atoms with van der Waals surface area (Å²) in [7, 11) is 0. The first kappa shape index (κ1) is 15.6. The Balaban J connectivity index is 1.93. The van der Waals surface area contributed by atoms with Crippen LogP contribution in [-0.4, -0.2) is 47.0 Å². The van der Waals surface area contributed by atoms with E-state index in [0.29, 0.717) is 6.04 Å². The molecule has 1 spiro atoms. The van der Waals surface area contributed by atoms with Crippen LogP contribution in [0.1, 0.15) is 52.4 Å². The van der Waals surface area contributed by atoms with Crippen LogP contribution in [0.25, 0.3) is 0 Å². The summed E-state index contributed by atoms with van der Waals surface area (Å²) in [5.74, 6) is 2.49. The van der Waals surface area contributed by atoms with Crippen molar-refractivity contribution in [1.29, 1.82) is 0 Å². The molecule has 2 atom stereocenters. The fourth-order valence-electron chi connectivity index (χ4n) is 3.33. The smallest absolute Gasteiger partial charge is 0.0713 e. The van der Waals surface area contributed by atoms with Crippen molar-refractivity contribution in [3.63, 3.8) is 0 Å². The molecule has 4 heteroatoms. The van der Waals surface area contributed by atoms with Crippen LogP contribution in [0.15, 0.2) is 0 Å². The Bertz CT molecular complexity index is 274. The summed E-state index contributed by atoms with van der Waals surface area (Å²) in [6.45, 7) is 5.60. The quantitative estimate of drug-likeness (QED) is 0.815. The van der Waals surface area contributed by atoms with Crippen LogP contribution in [0.4, 0.5) is 0 Å². The molecule has 0 radical (unpaired) electrons. The molecule has 0 aliphatic carbocycles. The van der Waals surface area contributed by atoms with Gasteiger partial charge in [-0.3, -0.25) is 0 Å². The lowest BCUT2D eigenvalue weighted by Crippen LogP contribution is -2.55. The van der Waals surface area contributed by atoms with Crippen molar-refractivity contribution in [3.05, 3.63) is 0 Å². The van der Waals surface area contributed by atoms with E-state index in [0.717, 1.165) is 32.3 Å². The average molecular weight is 287 g/mol. The van der Waals surface area contributed by atoms with Crippen LogP contribution in [-0.2, 0) is 4.74 Å². The third-order valence-electron chi connectivity index (χ3n) is 4.89. The normalized spacial score (nSPS) is 30.2. The van der Waals surface area contributed by atoms with Gasteiger partial charge in [0.05, 0.1) is 5.60 Å². The van der Waals surface area contributed by atoms with E-state index in [-0.39, 0.29) is 17.7 Å². The number of aliphatic hydroxyl groups excluding tert-OH is 1. The van der Waals surface area contributed by atoms with E-state index in [2.05, 4.69) is 30.9 Å². The average Bonchev–Trinajstić information content (AvgIpc) is 2.40. The topological polar surface area (TPSA) is 41.5 Å². The highest BCUT2D eigenvalue weighted by Gasteiger charge is 2.40. The highest BCUT2D eigenvalue weighted by Crippen LogP contribution is 2.38. The van der Waals surface area contributed by atoms with Crippen LogP contribution in [0, 0.1) is 0 Å². The van der Waals surface area contributed by atoms with Crippen molar-refractivity contribution in [1.82, 2.24) is 5.32 Å². The van der Waals surface area contributed by atoms with E-state index in [1.807, 2.05) is 0 Å². The van der Waals surface area contributed by atoms with Gasteiger partial charge in [0.15, 0.2) is 0 Å². The summed E-state index contributed by atoms with van der Waals surface area (Å²) >= 11 is 2.06. The lowest BCUT2D eigenvalue weighted by Gasteiger charge is -2.46. The van der Waals surface area contributed by atoms with Crippen molar-refractivity contribution in [3.8, 4) is 0 Å². The summed E-state index contributed by atoms with van der Waals surface area (Å²) in [6, 6.07) is 0.549. The Hall–Kier alpha value is 0.230. The molecule has 2 unspecified atom stereocenters. The minimum atomic E-state index is 0.0708. The lowest BCUT2D eigenvalue weighted by atomic mass is 9.83. The van der Waals surface area contributed by atoms with Gasteiger partial charge < -0.3 is 15.2 Å². The predicted octanol–water partition coefficient (Wildman–Crippen LogP) is 2.57. The van der Waals surface area contributed by atoms with E-state index in [1.165, 1.54) is 24.3 Å².